The SMILES string of the molecule is CNc1cc(-c2ccccn2)cc(-c2ccccn2)c1. The summed E-state index contributed by atoms with van der Waals surface area (Å²) in [5.74, 6) is 0. The molecule has 0 aliphatic rings. The maximum Gasteiger partial charge on any atom is 0.0702 e. The zero-order valence-corrected chi connectivity index (χ0v) is 11.2. The van der Waals surface area contributed by atoms with Gasteiger partial charge < -0.3 is 5.32 Å². The van der Waals surface area contributed by atoms with Crippen molar-refractivity contribution in [2.24, 2.45) is 0 Å². The Labute approximate surface area is 118 Å². The summed E-state index contributed by atoms with van der Waals surface area (Å²) in [7, 11) is 1.92. The first kappa shape index (κ1) is 12.4. The number of hydrogen-bond donors (Lipinski definition) is 1. The average Bonchev–Trinajstić information content (AvgIpc) is 2.56. The van der Waals surface area contributed by atoms with E-state index in [1.165, 1.54) is 0 Å². The number of pyridine rings is 2. The van der Waals surface area contributed by atoms with Crippen LogP contribution in [0.1, 0.15) is 0 Å². The van der Waals surface area contributed by atoms with Crippen molar-refractivity contribution in [2.45, 2.75) is 0 Å². The summed E-state index contributed by atoms with van der Waals surface area (Å²) in [5, 5.41) is 3.19. The summed E-state index contributed by atoms with van der Waals surface area (Å²) in [6, 6.07) is 18.2. The molecule has 20 heavy (non-hydrogen) atoms. The normalized spacial score (nSPS) is 10.2. The van der Waals surface area contributed by atoms with Crippen LogP contribution in [0.25, 0.3) is 22.5 Å². The van der Waals surface area contributed by atoms with Crippen molar-refractivity contribution in [3.05, 3.63) is 67.0 Å². The first-order valence-electron chi connectivity index (χ1n) is 6.52. The predicted octanol–water partition coefficient (Wildman–Crippen LogP) is 3.85. The second kappa shape index (κ2) is 5.53. The molecule has 3 rings (SSSR count). The molecule has 0 aliphatic carbocycles. The smallest absolute Gasteiger partial charge is 0.0702 e. The molecule has 2 heterocycles. The molecule has 0 fully saturated rings. The molecule has 0 saturated heterocycles. The highest BCUT2D eigenvalue weighted by atomic mass is 14.8. The molecule has 1 N–H and O–H groups in total. The van der Waals surface area contributed by atoms with Crippen LogP contribution in [-0.4, -0.2) is 17.0 Å². The third kappa shape index (κ3) is 2.52. The molecule has 0 amide bonds. The van der Waals surface area contributed by atoms with E-state index >= 15 is 0 Å². The average molecular weight is 261 g/mol. The van der Waals surface area contributed by atoms with E-state index in [1.54, 1.807) is 0 Å². The maximum absolute atomic E-state index is 4.41. The topological polar surface area (TPSA) is 37.8 Å². The molecule has 0 radical (unpaired) electrons. The highest BCUT2D eigenvalue weighted by molar-refractivity contribution is 5.75. The van der Waals surface area contributed by atoms with Crippen LogP contribution in [0.5, 0.6) is 0 Å². The zero-order valence-electron chi connectivity index (χ0n) is 11.2. The fourth-order valence-electron chi connectivity index (χ4n) is 2.13. The summed E-state index contributed by atoms with van der Waals surface area (Å²) < 4.78 is 0. The lowest BCUT2D eigenvalue weighted by molar-refractivity contribution is 1.31. The summed E-state index contributed by atoms with van der Waals surface area (Å²) in [6.07, 6.45) is 3.61. The Morgan fingerprint density at radius 3 is 1.70 bits per heavy atom. The molecule has 0 bridgehead atoms. The van der Waals surface area contributed by atoms with Gasteiger partial charge in [0.2, 0.25) is 0 Å². The molecule has 3 aromatic rings. The van der Waals surface area contributed by atoms with Crippen molar-refractivity contribution in [3.8, 4) is 22.5 Å². The third-order valence-electron chi connectivity index (χ3n) is 3.14. The summed E-state index contributed by atoms with van der Waals surface area (Å²) >= 11 is 0. The Balaban J connectivity index is 2.13. The lowest BCUT2D eigenvalue weighted by Crippen LogP contribution is -1.92. The van der Waals surface area contributed by atoms with E-state index in [0.29, 0.717) is 0 Å². The van der Waals surface area contributed by atoms with Crippen molar-refractivity contribution in [1.82, 2.24) is 9.97 Å². The second-order valence-electron chi connectivity index (χ2n) is 4.48. The number of nitrogens with one attached hydrogen (secondary N) is 1. The van der Waals surface area contributed by atoms with Crippen molar-refractivity contribution >= 4 is 5.69 Å². The molecule has 1 aromatic carbocycles. The first-order chi connectivity index (χ1) is 9.86. The molecule has 0 unspecified atom stereocenters. The molecular weight excluding hydrogens is 246 g/mol. The van der Waals surface area contributed by atoms with Gasteiger partial charge in [0.15, 0.2) is 0 Å². The fourth-order valence-corrected chi connectivity index (χ4v) is 2.13. The molecular formula is C17H15N3. The van der Waals surface area contributed by atoms with Crippen LogP contribution in [0.15, 0.2) is 67.0 Å². The van der Waals surface area contributed by atoms with E-state index < -0.39 is 0 Å². The maximum atomic E-state index is 4.41. The van der Waals surface area contributed by atoms with Gasteiger partial charge in [0.05, 0.1) is 11.4 Å². The first-order valence-corrected chi connectivity index (χ1v) is 6.52. The van der Waals surface area contributed by atoms with E-state index in [0.717, 1.165) is 28.2 Å². The summed E-state index contributed by atoms with van der Waals surface area (Å²) in [4.78, 5) is 8.82. The Hall–Kier alpha value is -2.68. The van der Waals surface area contributed by atoms with Crippen LogP contribution in [0.3, 0.4) is 0 Å². The van der Waals surface area contributed by atoms with Gasteiger partial charge in [-0.2, -0.15) is 0 Å². The molecule has 2 aromatic heterocycles. The van der Waals surface area contributed by atoms with Gasteiger partial charge in [0.25, 0.3) is 0 Å². The Morgan fingerprint density at radius 2 is 1.30 bits per heavy atom. The van der Waals surface area contributed by atoms with Crippen molar-refractivity contribution < 1.29 is 0 Å². The van der Waals surface area contributed by atoms with Crippen LogP contribution in [0.4, 0.5) is 5.69 Å². The molecule has 0 saturated carbocycles. The zero-order chi connectivity index (χ0) is 13.8. The summed E-state index contributed by atoms with van der Waals surface area (Å²) in [5.41, 5.74) is 5.13. The fraction of sp³-hybridized carbons (Fsp3) is 0.0588. The molecule has 98 valence electrons. The van der Waals surface area contributed by atoms with Crippen LogP contribution in [-0.2, 0) is 0 Å². The minimum atomic E-state index is 0.960. The lowest BCUT2D eigenvalue weighted by atomic mass is 10.0. The Morgan fingerprint density at radius 1 is 0.750 bits per heavy atom. The number of rotatable bonds is 3. The highest BCUT2D eigenvalue weighted by Gasteiger charge is 2.06. The minimum absolute atomic E-state index is 0.960. The monoisotopic (exact) mass is 261 g/mol. The lowest BCUT2D eigenvalue weighted by Gasteiger charge is -2.09. The Kier molecular flexibility index (Phi) is 3.42. The van der Waals surface area contributed by atoms with Crippen LogP contribution in [0.2, 0.25) is 0 Å². The number of aromatic nitrogens is 2. The van der Waals surface area contributed by atoms with Crippen LogP contribution in [0, 0.1) is 0 Å². The van der Waals surface area contributed by atoms with Gasteiger partial charge in [-0.15, -0.1) is 0 Å². The van der Waals surface area contributed by atoms with E-state index in [1.807, 2.05) is 55.8 Å². The van der Waals surface area contributed by atoms with Crippen LogP contribution < -0.4 is 5.32 Å². The molecule has 3 heteroatoms. The second-order valence-corrected chi connectivity index (χ2v) is 4.48. The van der Waals surface area contributed by atoms with Gasteiger partial charge in [-0.05, 0) is 42.5 Å². The molecule has 0 atom stereocenters. The highest BCUT2D eigenvalue weighted by Crippen LogP contribution is 2.28. The standard InChI is InChI=1S/C17H15N3/c1-18-15-11-13(16-6-2-4-8-19-16)10-14(12-15)17-7-3-5-9-20-17/h2-12,18H,1H3. The van der Waals surface area contributed by atoms with Gasteiger partial charge in [-0.25, -0.2) is 0 Å². The Bertz CT molecular complexity index is 636. The third-order valence-corrected chi connectivity index (χ3v) is 3.14. The largest absolute Gasteiger partial charge is 0.388 e. The van der Waals surface area contributed by atoms with E-state index in [9.17, 15) is 0 Å². The van der Waals surface area contributed by atoms with Gasteiger partial charge in [0, 0.05) is 36.3 Å². The quantitative estimate of drug-likeness (QED) is 0.778. The molecule has 3 nitrogen and oxygen atoms in total. The summed E-state index contributed by atoms with van der Waals surface area (Å²) in [6.45, 7) is 0. The van der Waals surface area contributed by atoms with Crippen molar-refractivity contribution in [3.63, 3.8) is 0 Å². The van der Waals surface area contributed by atoms with E-state index in [-0.39, 0.29) is 0 Å². The van der Waals surface area contributed by atoms with Crippen molar-refractivity contribution in [2.75, 3.05) is 12.4 Å². The minimum Gasteiger partial charge on any atom is -0.388 e. The van der Waals surface area contributed by atoms with Gasteiger partial charge in [-0.1, -0.05) is 12.1 Å². The molecule has 0 spiro atoms. The van der Waals surface area contributed by atoms with Gasteiger partial charge in [0.1, 0.15) is 0 Å². The van der Waals surface area contributed by atoms with E-state index in [2.05, 4.69) is 33.5 Å². The number of nitrogens with zero attached hydrogens (tertiary/aromatic N) is 2. The number of benzene rings is 1. The van der Waals surface area contributed by atoms with E-state index in [4.69, 9.17) is 0 Å². The number of anilines is 1. The van der Waals surface area contributed by atoms with Crippen LogP contribution >= 0.6 is 0 Å². The van der Waals surface area contributed by atoms with Gasteiger partial charge >= 0.3 is 0 Å². The predicted molar refractivity (Wildman–Crippen MR) is 82.5 cm³/mol. The number of hydrogen-bond acceptors (Lipinski definition) is 3. The van der Waals surface area contributed by atoms with Crippen molar-refractivity contribution in [1.29, 1.82) is 0 Å². The van der Waals surface area contributed by atoms with Gasteiger partial charge in [-0.3, -0.25) is 9.97 Å². The molecule has 0 aliphatic heterocycles.